The van der Waals surface area contributed by atoms with Gasteiger partial charge in [-0.2, -0.15) is 0 Å². The summed E-state index contributed by atoms with van der Waals surface area (Å²) in [5.41, 5.74) is 0.367. The highest BCUT2D eigenvalue weighted by Gasteiger charge is 2.41. The molecule has 0 aliphatic carbocycles. The summed E-state index contributed by atoms with van der Waals surface area (Å²) in [5, 5.41) is 7.81. The van der Waals surface area contributed by atoms with Gasteiger partial charge in [0.1, 0.15) is 0 Å². The van der Waals surface area contributed by atoms with Gasteiger partial charge in [-0.05, 0) is 12.1 Å². The number of carboxylic acids is 1. The van der Waals surface area contributed by atoms with E-state index in [4.69, 9.17) is 16.7 Å². The van der Waals surface area contributed by atoms with Gasteiger partial charge in [-0.15, -0.1) is 0 Å². The molecule has 2 rings (SSSR count). The zero-order chi connectivity index (χ0) is 12.8. The first kappa shape index (κ1) is 12.2. The van der Waals surface area contributed by atoms with E-state index in [1.54, 1.807) is 18.0 Å². The molecule has 0 amide bonds. The number of aliphatic carboxylic acids is 1. The lowest BCUT2D eigenvalue weighted by Crippen LogP contribution is -2.45. The topological polar surface area (TPSA) is 74.7 Å². The maximum absolute atomic E-state index is 12.1. The fraction of sp³-hybridized carbons (Fsp3) is 0.300. The summed E-state index contributed by atoms with van der Waals surface area (Å²) in [7, 11) is -2.24. The summed E-state index contributed by atoms with van der Waals surface area (Å²) >= 11 is 5.94. The molecule has 5 nitrogen and oxygen atoms in total. The Kier molecular flexibility index (Phi) is 2.79. The van der Waals surface area contributed by atoms with Crippen molar-refractivity contribution in [2.24, 2.45) is 0 Å². The van der Waals surface area contributed by atoms with E-state index in [1.165, 1.54) is 12.1 Å². The predicted octanol–water partition coefficient (Wildman–Crippen LogP) is 1.02. The molecule has 1 N–H and O–H groups in total. The van der Waals surface area contributed by atoms with E-state index in [0.29, 0.717) is 10.7 Å². The van der Waals surface area contributed by atoms with E-state index in [2.05, 4.69) is 0 Å². The van der Waals surface area contributed by atoms with Crippen molar-refractivity contribution in [3.05, 3.63) is 23.2 Å². The standard InChI is InChI=1S/C10H10ClNO4S/c1-12-5-8(10(13)14)17(15,16)7-4-2-3-6(11)9(7)12/h2-4,8H,5H2,1H3,(H,13,14). The third-order valence-electron chi connectivity index (χ3n) is 2.73. The molecule has 0 aromatic heterocycles. The van der Waals surface area contributed by atoms with E-state index in [0.717, 1.165) is 0 Å². The van der Waals surface area contributed by atoms with Gasteiger partial charge >= 0.3 is 5.97 Å². The van der Waals surface area contributed by atoms with Crippen LogP contribution in [0.1, 0.15) is 0 Å². The smallest absolute Gasteiger partial charge is 0.324 e. The number of carbonyl (C=O) groups is 1. The number of carboxylic acid groups (broad SMARTS) is 1. The van der Waals surface area contributed by atoms with Crippen LogP contribution in [0, 0.1) is 0 Å². The third-order valence-corrected chi connectivity index (χ3v) is 5.08. The van der Waals surface area contributed by atoms with Crippen molar-refractivity contribution in [3.8, 4) is 0 Å². The van der Waals surface area contributed by atoms with Crippen molar-refractivity contribution < 1.29 is 18.3 Å². The number of rotatable bonds is 1. The van der Waals surface area contributed by atoms with E-state index >= 15 is 0 Å². The van der Waals surface area contributed by atoms with Crippen LogP contribution < -0.4 is 4.90 Å². The van der Waals surface area contributed by atoms with Gasteiger partial charge < -0.3 is 10.0 Å². The lowest BCUT2D eigenvalue weighted by molar-refractivity contribution is -0.136. The number of halogens is 1. The van der Waals surface area contributed by atoms with Gasteiger partial charge in [0.15, 0.2) is 15.1 Å². The number of fused-ring (bicyclic) bond motifs is 1. The SMILES string of the molecule is CN1CC(C(=O)O)S(=O)(=O)c2cccc(Cl)c21. The Morgan fingerprint density at radius 3 is 2.76 bits per heavy atom. The Bertz CT molecular complexity index is 584. The Hall–Kier alpha value is -1.27. The number of anilines is 1. The number of nitrogens with zero attached hydrogens (tertiary/aromatic N) is 1. The number of sulfone groups is 1. The number of hydrogen-bond acceptors (Lipinski definition) is 4. The summed E-state index contributed by atoms with van der Waals surface area (Å²) in [6, 6.07) is 4.45. The highest BCUT2D eigenvalue weighted by atomic mass is 35.5. The molecule has 0 spiro atoms. The van der Waals surface area contributed by atoms with Crippen LogP contribution >= 0.6 is 11.6 Å². The lowest BCUT2D eigenvalue weighted by Gasteiger charge is -2.31. The minimum Gasteiger partial charge on any atom is -0.480 e. The molecular formula is C10H10ClNO4S. The first-order valence-corrected chi connectivity index (χ1v) is 6.74. The molecule has 92 valence electrons. The highest BCUT2D eigenvalue weighted by molar-refractivity contribution is 7.93. The van der Waals surface area contributed by atoms with E-state index in [1.807, 2.05) is 0 Å². The normalized spacial score (nSPS) is 22.0. The summed E-state index contributed by atoms with van der Waals surface area (Å²) < 4.78 is 24.2. The van der Waals surface area contributed by atoms with Crippen molar-refractivity contribution in [3.63, 3.8) is 0 Å². The Morgan fingerprint density at radius 1 is 1.53 bits per heavy atom. The number of para-hydroxylation sites is 1. The van der Waals surface area contributed by atoms with Crippen molar-refractivity contribution in [2.75, 3.05) is 18.5 Å². The van der Waals surface area contributed by atoms with Crippen LogP contribution in [0.5, 0.6) is 0 Å². The Labute approximate surface area is 104 Å². The van der Waals surface area contributed by atoms with Gasteiger partial charge in [0.05, 0.1) is 15.6 Å². The first-order valence-electron chi connectivity index (χ1n) is 4.82. The monoisotopic (exact) mass is 275 g/mol. The van der Waals surface area contributed by atoms with E-state index in [9.17, 15) is 13.2 Å². The van der Waals surface area contributed by atoms with Gasteiger partial charge in [0.2, 0.25) is 0 Å². The zero-order valence-corrected chi connectivity index (χ0v) is 10.5. The van der Waals surface area contributed by atoms with Gasteiger partial charge in [-0.25, -0.2) is 8.42 Å². The maximum Gasteiger partial charge on any atom is 0.324 e. The molecule has 0 fully saturated rings. The fourth-order valence-electron chi connectivity index (χ4n) is 1.90. The molecule has 0 bridgehead atoms. The van der Waals surface area contributed by atoms with Crippen LogP contribution in [0.15, 0.2) is 23.1 Å². The second kappa shape index (κ2) is 3.89. The second-order valence-corrected chi connectivity index (χ2v) is 6.35. The summed E-state index contributed by atoms with van der Waals surface area (Å²) in [6.45, 7) is -0.103. The molecule has 17 heavy (non-hydrogen) atoms. The largest absolute Gasteiger partial charge is 0.480 e. The molecule has 0 saturated heterocycles. The van der Waals surface area contributed by atoms with Gasteiger partial charge in [0.25, 0.3) is 0 Å². The van der Waals surface area contributed by atoms with Crippen molar-refractivity contribution in [2.45, 2.75) is 10.1 Å². The van der Waals surface area contributed by atoms with Crippen LogP contribution in [0.4, 0.5) is 5.69 Å². The number of benzene rings is 1. The van der Waals surface area contributed by atoms with Gasteiger partial charge in [-0.3, -0.25) is 4.79 Å². The minimum absolute atomic E-state index is 0.0221. The number of hydrogen-bond donors (Lipinski definition) is 1. The molecule has 1 atom stereocenters. The summed E-state index contributed by atoms with van der Waals surface area (Å²) in [5.74, 6) is -1.34. The Morgan fingerprint density at radius 2 is 2.18 bits per heavy atom. The molecule has 1 aliphatic rings. The van der Waals surface area contributed by atoms with Gasteiger partial charge in [0, 0.05) is 13.6 Å². The van der Waals surface area contributed by atoms with Crippen LogP contribution in [0.25, 0.3) is 0 Å². The first-order chi connectivity index (χ1) is 7.85. The molecule has 1 aliphatic heterocycles. The molecule has 1 unspecified atom stereocenters. The predicted molar refractivity (Wildman–Crippen MR) is 63.3 cm³/mol. The zero-order valence-electron chi connectivity index (χ0n) is 8.92. The van der Waals surface area contributed by atoms with Crippen molar-refractivity contribution in [1.29, 1.82) is 0 Å². The van der Waals surface area contributed by atoms with Gasteiger partial charge in [-0.1, -0.05) is 17.7 Å². The molecule has 1 aromatic rings. The molecule has 1 aromatic carbocycles. The van der Waals surface area contributed by atoms with Crippen molar-refractivity contribution in [1.82, 2.24) is 0 Å². The Balaban J connectivity index is 2.72. The average Bonchev–Trinajstić information content (AvgIpc) is 2.23. The van der Waals surface area contributed by atoms with E-state index in [-0.39, 0.29) is 11.4 Å². The third kappa shape index (κ3) is 1.77. The molecule has 1 heterocycles. The van der Waals surface area contributed by atoms with Crippen LogP contribution in [-0.4, -0.2) is 38.3 Å². The summed E-state index contributed by atoms with van der Waals surface area (Å²) in [4.78, 5) is 12.5. The van der Waals surface area contributed by atoms with Crippen LogP contribution in [0.2, 0.25) is 5.02 Å². The average molecular weight is 276 g/mol. The van der Waals surface area contributed by atoms with Crippen LogP contribution in [0.3, 0.4) is 0 Å². The van der Waals surface area contributed by atoms with E-state index < -0.39 is 21.1 Å². The summed E-state index contributed by atoms with van der Waals surface area (Å²) in [6.07, 6.45) is 0. The molecular weight excluding hydrogens is 266 g/mol. The molecule has 0 saturated carbocycles. The van der Waals surface area contributed by atoms with Crippen molar-refractivity contribution >= 4 is 33.1 Å². The molecule has 0 radical (unpaired) electrons. The quantitative estimate of drug-likeness (QED) is 0.828. The molecule has 7 heteroatoms. The fourth-order valence-corrected chi connectivity index (χ4v) is 4.07. The minimum atomic E-state index is -3.86. The maximum atomic E-state index is 12.1. The second-order valence-electron chi connectivity index (χ2n) is 3.84. The highest BCUT2D eigenvalue weighted by Crippen LogP contribution is 2.38. The van der Waals surface area contributed by atoms with Crippen LogP contribution in [-0.2, 0) is 14.6 Å². The lowest BCUT2D eigenvalue weighted by atomic mass is 10.2.